The standard InChI is InChI=1S/C10H18N2OS/c1-3-8(7-13)11-5-9-6-12-10(4-2)14-9/h6,8,11,13H,3-5,7H2,1-2H3/t8-/m1/s1. The van der Waals surface area contributed by atoms with Crippen LogP contribution in [0.2, 0.25) is 0 Å². The summed E-state index contributed by atoms with van der Waals surface area (Å²) in [6.07, 6.45) is 3.87. The Balaban J connectivity index is 2.37. The molecule has 3 nitrogen and oxygen atoms in total. The second-order valence-electron chi connectivity index (χ2n) is 3.24. The minimum atomic E-state index is 0.204. The van der Waals surface area contributed by atoms with Crippen LogP contribution in [0.4, 0.5) is 0 Å². The quantitative estimate of drug-likeness (QED) is 0.755. The SMILES string of the molecule is CCc1ncc(CN[C@H](CC)CO)s1. The summed E-state index contributed by atoms with van der Waals surface area (Å²) in [5.74, 6) is 0. The number of rotatable bonds is 6. The second kappa shape index (κ2) is 6.11. The molecule has 0 aliphatic heterocycles. The third-order valence-corrected chi connectivity index (χ3v) is 3.32. The summed E-state index contributed by atoms with van der Waals surface area (Å²) in [5, 5.41) is 13.5. The van der Waals surface area contributed by atoms with E-state index in [0.717, 1.165) is 19.4 Å². The van der Waals surface area contributed by atoms with Gasteiger partial charge in [-0.05, 0) is 12.8 Å². The molecule has 0 fully saturated rings. The molecule has 1 atom stereocenters. The number of thiazole rings is 1. The summed E-state index contributed by atoms with van der Waals surface area (Å²) in [5.41, 5.74) is 0. The van der Waals surface area contributed by atoms with Crippen molar-refractivity contribution in [1.82, 2.24) is 10.3 Å². The van der Waals surface area contributed by atoms with E-state index in [0.29, 0.717) is 0 Å². The highest BCUT2D eigenvalue weighted by Crippen LogP contribution is 2.13. The Bertz CT molecular complexity index is 258. The maximum absolute atomic E-state index is 8.98. The molecule has 0 aromatic carbocycles. The van der Waals surface area contributed by atoms with Crippen molar-refractivity contribution in [2.24, 2.45) is 0 Å². The van der Waals surface area contributed by atoms with Gasteiger partial charge in [0.25, 0.3) is 0 Å². The molecule has 2 N–H and O–H groups in total. The summed E-state index contributed by atoms with van der Waals surface area (Å²) in [6.45, 7) is 5.20. The van der Waals surface area contributed by atoms with Gasteiger partial charge in [-0.1, -0.05) is 13.8 Å². The molecule has 1 aromatic heterocycles. The van der Waals surface area contributed by atoms with Gasteiger partial charge in [0.1, 0.15) is 0 Å². The normalized spacial score (nSPS) is 13.1. The predicted octanol–water partition coefficient (Wildman–Crippen LogP) is 1.57. The van der Waals surface area contributed by atoms with Crippen molar-refractivity contribution in [2.45, 2.75) is 39.3 Å². The molecule has 1 rings (SSSR count). The molecule has 0 saturated carbocycles. The minimum absolute atomic E-state index is 0.204. The van der Waals surface area contributed by atoms with Crippen molar-refractivity contribution in [3.8, 4) is 0 Å². The summed E-state index contributed by atoms with van der Waals surface area (Å²) < 4.78 is 0. The zero-order chi connectivity index (χ0) is 10.4. The first-order chi connectivity index (χ1) is 6.80. The lowest BCUT2D eigenvalue weighted by Gasteiger charge is -2.12. The average molecular weight is 214 g/mol. The Labute approximate surface area is 89.2 Å². The van der Waals surface area contributed by atoms with E-state index in [1.165, 1.54) is 9.88 Å². The first-order valence-electron chi connectivity index (χ1n) is 5.08. The highest BCUT2D eigenvalue weighted by atomic mass is 32.1. The highest BCUT2D eigenvalue weighted by Gasteiger charge is 2.05. The molecule has 0 aliphatic rings. The number of hydrogen-bond donors (Lipinski definition) is 2. The van der Waals surface area contributed by atoms with E-state index in [1.54, 1.807) is 11.3 Å². The van der Waals surface area contributed by atoms with Gasteiger partial charge in [0.05, 0.1) is 11.6 Å². The van der Waals surface area contributed by atoms with Crippen molar-refractivity contribution in [1.29, 1.82) is 0 Å². The summed E-state index contributed by atoms with van der Waals surface area (Å²) in [4.78, 5) is 5.52. The second-order valence-corrected chi connectivity index (χ2v) is 4.44. The zero-order valence-electron chi connectivity index (χ0n) is 8.79. The van der Waals surface area contributed by atoms with E-state index in [1.807, 2.05) is 6.20 Å². The van der Waals surface area contributed by atoms with Gasteiger partial charge in [-0.3, -0.25) is 0 Å². The van der Waals surface area contributed by atoms with Crippen LogP contribution in [0.15, 0.2) is 6.20 Å². The minimum Gasteiger partial charge on any atom is -0.395 e. The zero-order valence-corrected chi connectivity index (χ0v) is 9.60. The molecule has 14 heavy (non-hydrogen) atoms. The predicted molar refractivity (Wildman–Crippen MR) is 59.5 cm³/mol. The number of nitrogens with zero attached hydrogens (tertiary/aromatic N) is 1. The van der Waals surface area contributed by atoms with Gasteiger partial charge in [0.15, 0.2) is 0 Å². The Kier molecular flexibility index (Phi) is 5.07. The molecule has 0 aliphatic carbocycles. The van der Waals surface area contributed by atoms with Gasteiger partial charge in [-0.15, -0.1) is 11.3 Å². The Hall–Kier alpha value is -0.450. The Morgan fingerprint density at radius 3 is 2.86 bits per heavy atom. The molecule has 0 unspecified atom stereocenters. The van der Waals surface area contributed by atoms with Crippen molar-refractivity contribution in [2.75, 3.05) is 6.61 Å². The highest BCUT2D eigenvalue weighted by molar-refractivity contribution is 7.11. The van der Waals surface area contributed by atoms with Crippen LogP contribution in [0.1, 0.15) is 30.2 Å². The molecule has 4 heteroatoms. The largest absolute Gasteiger partial charge is 0.395 e. The molecule has 80 valence electrons. The first-order valence-corrected chi connectivity index (χ1v) is 5.89. The van der Waals surface area contributed by atoms with E-state index in [-0.39, 0.29) is 12.6 Å². The fourth-order valence-corrected chi connectivity index (χ4v) is 1.99. The van der Waals surface area contributed by atoms with Crippen molar-refractivity contribution >= 4 is 11.3 Å². The maximum Gasteiger partial charge on any atom is 0.0925 e. The molecule has 1 aromatic rings. The number of aliphatic hydroxyl groups is 1. The Morgan fingerprint density at radius 2 is 2.36 bits per heavy atom. The van der Waals surface area contributed by atoms with E-state index >= 15 is 0 Å². The monoisotopic (exact) mass is 214 g/mol. The van der Waals surface area contributed by atoms with Gasteiger partial charge in [0.2, 0.25) is 0 Å². The third-order valence-electron chi connectivity index (χ3n) is 2.18. The molecular formula is C10H18N2OS. The fraction of sp³-hybridized carbons (Fsp3) is 0.700. The number of aryl methyl sites for hydroxylation is 1. The molecule has 0 bridgehead atoms. The van der Waals surface area contributed by atoms with Gasteiger partial charge >= 0.3 is 0 Å². The molecule has 0 radical (unpaired) electrons. The van der Waals surface area contributed by atoms with Crippen LogP contribution in [0.25, 0.3) is 0 Å². The molecular weight excluding hydrogens is 196 g/mol. The third kappa shape index (κ3) is 3.36. The van der Waals surface area contributed by atoms with E-state index in [9.17, 15) is 0 Å². The first kappa shape index (κ1) is 11.6. The molecule has 1 heterocycles. The number of aromatic nitrogens is 1. The fourth-order valence-electron chi connectivity index (χ4n) is 1.18. The van der Waals surface area contributed by atoms with Crippen LogP contribution < -0.4 is 5.32 Å². The van der Waals surface area contributed by atoms with E-state index < -0.39 is 0 Å². The lowest BCUT2D eigenvalue weighted by molar-refractivity contribution is 0.238. The van der Waals surface area contributed by atoms with E-state index in [4.69, 9.17) is 5.11 Å². The summed E-state index contributed by atoms with van der Waals surface area (Å²) in [7, 11) is 0. The molecule has 0 amide bonds. The van der Waals surface area contributed by atoms with Crippen molar-refractivity contribution in [3.63, 3.8) is 0 Å². The molecule has 0 saturated heterocycles. The van der Waals surface area contributed by atoms with Gasteiger partial charge in [-0.2, -0.15) is 0 Å². The van der Waals surface area contributed by atoms with E-state index in [2.05, 4.69) is 24.1 Å². The van der Waals surface area contributed by atoms with Gasteiger partial charge < -0.3 is 10.4 Å². The van der Waals surface area contributed by atoms with Crippen LogP contribution >= 0.6 is 11.3 Å². The smallest absolute Gasteiger partial charge is 0.0925 e. The average Bonchev–Trinajstić information content (AvgIpc) is 2.67. The topological polar surface area (TPSA) is 45.2 Å². The number of hydrogen-bond acceptors (Lipinski definition) is 4. The summed E-state index contributed by atoms with van der Waals surface area (Å²) in [6, 6.07) is 0.210. The van der Waals surface area contributed by atoms with Crippen molar-refractivity contribution < 1.29 is 5.11 Å². The van der Waals surface area contributed by atoms with Crippen LogP contribution in [-0.2, 0) is 13.0 Å². The van der Waals surface area contributed by atoms with Crippen LogP contribution in [0, 0.1) is 0 Å². The molecule has 0 spiro atoms. The lowest BCUT2D eigenvalue weighted by Crippen LogP contribution is -2.30. The number of nitrogens with one attached hydrogen (secondary N) is 1. The van der Waals surface area contributed by atoms with Gasteiger partial charge in [0, 0.05) is 23.7 Å². The van der Waals surface area contributed by atoms with Gasteiger partial charge in [-0.25, -0.2) is 4.98 Å². The summed E-state index contributed by atoms with van der Waals surface area (Å²) >= 11 is 1.74. The van der Waals surface area contributed by atoms with Crippen molar-refractivity contribution in [3.05, 3.63) is 16.1 Å². The van der Waals surface area contributed by atoms with Crippen LogP contribution in [0.3, 0.4) is 0 Å². The Morgan fingerprint density at radius 1 is 1.57 bits per heavy atom. The number of aliphatic hydroxyl groups excluding tert-OH is 1. The van der Waals surface area contributed by atoms with Crippen LogP contribution in [0.5, 0.6) is 0 Å². The maximum atomic E-state index is 8.98. The lowest BCUT2D eigenvalue weighted by atomic mass is 10.2. The van der Waals surface area contributed by atoms with Crippen LogP contribution in [-0.4, -0.2) is 22.7 Å².